The predicted octanol–water partition coefficient (Wildman–Crippen LogP) is 3.46. The highest BCUT2D eigenvalue weighted by atomic mass is 19.1. The minimum Gasteiger partial charge on any atom is -0.449 e. The molecule has 6 heteroatoms. The molecule has 0 heterocycles. The van der Waals surface area contributed by atoms with Gasteiger partial charge in [-0.05, 0) is 55.8 Å². The van der Waals surface area contributed by atoms with Gasteiger partial charge in [0.2, 0.25) is 0 Å². The van der Waals surface area contributed by atoms with Crippen molar-refractivity contribution in [1.29, 1.82) is 0 Å². The molecular formula is C17H15F2NO3. The second-order valence-corrected chi connectivity index (χ2v) is 5.01. The summed E-state index contributed by atoms with van der Waals surface area (Å²) in [5.74, 6) is -2.32. The van der Waals surface area contributed by atoms with Gasteiger partial charge in [-0.1, -0.05) is 6.07 Å². The molecule has 0 unspecified atom stereocenters. The summed E-state index contributed by atoms with van der Waals surface area (Å²) in [5.41, 5.74) is 0.805. The van der Waals surface area contributed by atoms with Crippen LogP contribution >= 0.6 is 0 Å². The van der Waals surface area contributed by atoms with Crippen molar-refractivity contribution in [3.8, 4) is 0 Å². The zero-order valence-electron chi connectivity index (χ0n) is 12.6. The van der Waals surface area contributed by atoms with Crippen LogP contribution in [0.4, 0.5) is 14.5 Å². The van der Waals surface area contributed by atoms with Crippen LogP contribution in [0.2, 0.25) is 0 Å². The third-order valence-electron chi connectivity index (χ3n) is 3.17. The second kappa shape index (κ2) is 7.00. The van der Waals surface area contributed by atoms with Gasteiger partial charge in [0.25, 0.3) is 5.91 Å². The minimum atomic E-state index is -1.09. The van der Waals surface area contributed by atoms with Crippen LogP contribution in [0, 0.1) is 18.6 Å². The van der Waals surface area contributed by atoms with Gasteiger partial charge in [-0.25, -0.2) is 13.6 Å². The summed E-state index contributed by atoms with van der Waals surface area (Å²) in [4.78, 5) is 23.8. The summed E-state index contributed by atoms with van der Waals surface area (Å²) in [6.07, 6.45) is -1.09. The smallest absolute Gasteiger partial charge is 0.339 e. The Morgan fingerprint density at radius 3 is 2.35 bits per heavy atom. The largest absolute Gasteiger partial charge is 0.449 e. The number of anilines is 1. The van der Waals surface area contributed by atoms with Crippen molar-refractivity contribution in [1.82, 2.24) is 0 Å². The number of hydrogen-bond donors (Lipinski definition) is 1. The topological polar surface area (TPSA) is 55.4 Å². The minimum absolute atomic E-state index is 0.0227. The normalized spacial score (nSPS) is 11.7. The van der Waals surface area contributed by atoms with Crippen molar-refractivity contribution < 1.29 is 23.1 Å². The number of halogens is 2. The van der Waals surface area contributed by atoms with Gasteiger partial charge in [-0.2, -0.15) is 0 Å². The standard InChI is InChI=1S/C17H15F2NO3/c1-10-3-4-12(9-15(10)19)17(22)23-11(2)16(21)20-14-7-5-13(18)6-8-14/h3-9,11H,1-2H3,(H,20,21)/t11-/m1/s1. The van der Waals surface area contributed by atoms with Crippen molar-refractivity contribution in [3.63, 3.8) is 0 Å². The molecule has 2 rings (SSSR count). The molecule has 0 aliphatic rings. The highest BCUT2D eigenvalue weighted by Gasteiger charge is 2.19. The molecule has 1 N–H and O–H groups in total. The van der Waals surface area contributed by atoms with E-state index in [4.69, 9.17) is 4.74 Å². The Morgan fingerprint density at radius 2 is 1.74 bits per heavy atom. The zero-order valence-corrected chi connectivity index (χ0v) is 12.6. The molecular weight excluding hydrogens is 304 g/mol. The number of carbonyl (C=O) groups is 2. The maximum absolute atomic E-state index is 13.4. The molecule has 1 amide bonds. The van der Waals surface area contributed by atoms with Gasteiger partial charge in [0.05, 0.1) is 5.56 Å². The number of benzene rings is 2. The van der Waals surface area contributed by atoms with E-state index in [2.05, 4.69) is 5.32 Å². The summed E-state index contributed by atoms with van der Waals surface area (Å²) in [7, 11) is 0. The molecule has 0 spiro atoms. The maximum Gasteiger partial charge on any atom is 0.339 e. The van der Waals surface area contributed by atoms with E-state index in [-0.39, 0.29) is 5.56 Å². The van der Waals surface area contributed by atoms with Crippen LogP contribution in [0.15, 0.2) is 42.5 Å². The van der Waals surface area contributed by atoms with Crippen LogP contribution in [-0.2, 0) is 9.53 Å². The fraction of sp³-hybridized carbons (Fsp3) is 0.176. The SMILES string of the molecule is Cc1ccc(C(=O)O[C@H](C)C(=O)Nc2ccc(F)cc2)cc1F. The number of rotatable bonds is 4. The van der Waals surface area contributed by atoms with Crippen molar-refractivity contribution in [2.24, 2.45) is 0 Å². The lowest BCUT2D eigenvalue weighted by atomic mass is 10.1. The average molecular weight is 319 g/mol. The Morgan fingerprint density at radius 1 is 1.09 bits per heavy atom. The lowest BCUT2D eigenvalue weighted by Gasteiger charge is -2.13. The highest BCUT2D eigenvalue weighted by Crippen LogP contribution is 2.13. The molecule has 0 saturated heterocycles. The maximum atomic E-state index is 13.4. The number of aryl methyl sites for hydroxylation is 1. The summed E-state index contributed by atoms with van der Waals surface area (Å²) in [5, 5.41) is 2.49. The van der Waals surface area contributed by atoms with Gasteiger partial charge < -0.3 is 10.1 Å². The van der Waals surface area contributed by atoms with E-state index < -0.39 is 29.6 Å². The first-order valence-electron chi connectivity index (χ1n) is 6.90. The van der Waals surface area contributed by atoms with Crippen LogP contribution in [0.25, 0.3) is 0 Å². The lowest BCUT2D eigenvalue weighted by Crippen LogP contribution is -2.30. The quantitative estimate of drug-likeness (QED) is 0.878. The molecule has 0 fully saturated rings. The molecule has 120 valence electrons. The van der Waals surface area contributed by atoms with Crippen LogP contribution in [0.1, 0.15) is 22.8 Å². The average Bonchev–Trinajstić information content (AvgIpc) is 2.52. The van der Waals surface area contributed by atoms with Crippen molar-refractivity contribution >= 4 is 17.6 Å². The number of nitrogens with one attached hydrogen (secondary N) is 1. The predicted molar refractivity (Wildman–Crippen MR) is 81.0 cm³/mol. The first-order valence-corrected chi connectivity index (χ1v) is 6.90. The van der Waals surface area contributed by atoms with Crippen LogP contribution in [-0.4, -0.2) is 18.0 Å². The van der Waals surface area contributed by atoms with E-state index in [0.29, 0.717) is 11.3 Å². The third kappa shape index (κ3) is 4.35. The Bertz CT molecular complexity index is 729. The molecule has 1 atom stereocenters. The highest BCUT2D eigenvalue weighted by molar-refractivity contribution is 5.97. The van der Waals surface area contributed by atoms with Crippen LogP contribution in [0.3, 0.4) is 0 Å². The lowest BCUT2D eigenvalue weighted by molar-refractivity contribution is -0.123. The molecule has 0 aliphatic carbocycles. The van der Waals surface area contributed by atoms with E-state index in [1.54, 1.807) is 6.92 Å². The third-order valence-corrected chi connectivity index (χ3v) is 3.17. The number of esters is 1. The van der Waals surface area contributed by atoms with Gasteiger partial charge in [0.1, 0.15) is 11.6 Å². The molecule has 23 heavy (non-hydrogen) atoms. The first kappa shape index (κ1) is 16.6. The monoisotopic (exact) mass is 319 g/mol. The van der Waals surface area contributed by atoms with E-state index in [1.165, 1.54) is 43.3 Å². The number of hydrogen-bond acceptors (Lipinski definition) is 3. The van der Waals surface area contributed by atoms with Crippen LogP contribution < -0.4 is 5.32 Å². The van der Waals surface area contributed by atoms with Crippen LogP contribution in [0.5, 0.6) is 0 Å². The summed E-state index contributed by atoms with van der Waals surface area (Å²) >= 11 is 0. The van der Waals surface area contributed by atoms with Crippen molar-refractivity contribution in [2.45, 2.75) is 20.0 Å². The van der Waals surface area contributed by atoms with Gasteiger partial charge in [0, 0.05) is 5.69 Å². The molecule has 2 aromatic rings. The van der Waals surface area contributed by atoms with E-state index in [1.807, 2.05) is 0 Å². The molecule has 4 nitrogen and oxygen atoms in total. The molecule has 0 saturated carbocycles. The zero-order chi connectivity index (χ0) is 17.0. The molecule has 0 aromatic heterocycles. The Hall–Kier alpha value is -2.76. The van der Waals surface area contributed by atoms with Gasteiger partial charge in [-0.15, -0.1) is 0 Å². The molecule has 2 aromatic carbocycles. The van der Waals surface area contributed by atoms with E-state index >= 15 is 0 Å². The Kier molecular flexibility index (Phi) is 5.05. The molecule has 0 bridgehead atoms. The van der Waals surface area contributed by atoms with E-state index in [9.17, 15) is 18.4 Å². The van der Waals surface area contributed by atoms with Gasteiger partial charge in [-0.3, -0.25) is 4.79 Å². The van der Waals surface area contributed by atoms with Gasteiger partial charge >= 0.3 is 5.97 Å². The summed E-state index contributed by atoms with van der Waals surface area (Å²) in [6.45, 7) is 2.96. The number of ether oxygens (including phenoxy) is 1. The van der Waals surface area contributed by atoms with E-state index in [0.717, 1.165) is 6.07 Å². The summed E-state index contributed by atoms with van der Waals surface area (Å²) in [6, 6.07) is 9.10. The fourth-order valence-corrected chi connectivity index (χ4v) is 1.78. The van der Waals surface area contributed by atoms with Crippen molar-refractivity contribution in [3.05, 3.63) is 65.2 Å². The number of carbonyl (C=O) groups excluding carboxylic acids is 2. The Balaban J connectivity index is 1.98. The fourth-order valence-electron chi connectivity index (χ4n) is 1.78. The first-order chi connectivity index (χ1) is 10.9. The van der Waals surface area contributed by atoms with Crippen molar-refractivity contribution in [2.75, 3.05) is 5.32 Å². The number of amides is 1. The second-order valence-electron chi connectivity index (χ2n) is 5.01. The summed E-state index contributed by atoms with van der Waals surface area (Å²) < 4.78 is 31.2. The molecule has 0 aliphatic heterocycles. The Labute approximate surface area is 132 Å². The molecule has 0 radical (unpaired) electrons. The van der Waals surface area contributed by atoms with Gasteiger partial charge in [0.15, 0.2) is 6.10 Å².